The Kier molecular flexibility index (Phi) is 5.04. The standard InChI is InChI=1S/C23H19BrFNO2/c24-20-12-11-18(25)13-19(20)23(22(27)28)14-26(15-23)21(16-7-3-1-4-8-16)17-9-5-2-6-10-17/h1-13,21H,14-15H2,(H,27,28). The maximum atomic E-state index is 13.9. The van der Waals surface area contributed by atoms with E-state index in [4.69, 9.17) is 0 Å². The molecule has 0 bridgehead atoms. The predicted molar refractivity (Wildman–Crippen MR) is 110 cm³/mol. The largest absolute Gasteiger partial charge is 0.481 e. The molecule has 0 unspecified atom stereocenters. The van der Waals surface area contributed by atoms with Crippen LogP contribution in [-0.2, 0) is 10.2 Å². The molecule has 0 amide bonds. The van der Waals surface area contributed by atoms with Crippen molar-refractivity contribution in [2.45, 2.75) is 11.5 Å². The molecule has 0 saturated carbocycles. The zero-order valence-corrected chi connectivity index (χ0v) is 16.6. The van der Waals surface area contributed by atoms with Gasteiger partial charge < -0.3 is 5.11 Å². The Morgan fingerprint density at radius 1 is 0.964 bits per heavy atom. The van der Waals surface area contributed by atoms with Crippen molar-refractivity contribution in [3.05, 3.63) is 106 Å². The van der Waals surface area contributed by atoms with E-state index in [1.807, 2.05) is 36.4 Å². The summed E-state index contributed by atoms with van der Waals surface area (Å²) < 4.78 is 14.5. The van der Waals surface area contributed by atoms with Crippen LogP contribution in [0.2, 0.25) is 0 Å². The number of aliphatic carboxylic acids is 1. The number of carboxylic acids is 1. The zero-order valence-electron chi connectivity index (χ0n) is 15.1. The summed E-state index contributed by atoms with van der Waals surface area (Å²) in [6, 6.07) is 24.3. The summed E-state index contributed by atoms with van der Waals surface area (Å²) in [6.07, 6.45) is 0. The summed E-state index contributed by atoms with van der Waals surface area (Å²) in [6.45, 7) is 0.609. The number of nitrogens with zero attached hydrogens (tertiary/aromatic N) is 1. The van der Waals surface area contributed by atoms with Gasteiger partial charge in [0.05, 0.1) is 6.04 Å². The van der Waals surface area contributed by atoms with Crippen LogP contribution in [-0.4, -0.2) is 29.1 Å². The van der Waals surface area contributed by atoms with Gasteiger partial charge in [0.2, 0.25) is 0 Å². The molecule has 0 atom stereocenters. The van der Waals surface area contributed by atoms with Crippen LogP contribution in [0.3, 0.4) is 0 Å². The van der Waals surface area contributed by atoms with Crippen LogP contribution in [0.1, 0.15) is 22.7 Å². The Balaban J connectivity index is 1.72. The van der Waals surface area contributed by atoms with Gasteiger partial charge in [-0.15, -0.1) is 0 Å². The Labute approximate surface area is 171 Å². The molecule has 3 aromatic rings. The average molecular weight is 440 g/mol. The van der Waals surface area contributed by atoms with E-state index in [0.717, 1.165) is 11.1 Å². The SMILES string of the molecule is O=C(O)C1(c2cc(F)ccc2Br)CN(C(c2ccccc2)c2ccccc2)C1. The molecule has 3 aromatic carbocycles. The van der Waals surface area contributed by atoms with E-state index in [2.05, 4.69) is 45.1 Å². The van der Waals surface area contributed by atoms with Crippen LogP contribution in [0.4, 0.5) is 4.39 Å². The van der Waals surface area contributed by atoms with E-state index >= 15 is 0 Å². The van der Waals surface area contributed by atoms with Crippen molar-refractivity contribution in [2.24, 2.45) is 0 Å². The summed E-state index contributed by atoms with van der Waals surface area (Å²) in [5.41, 5.74) is 1.55. The van der Waals surface area contributed by atoms with Crippen molar-refractivity contribution >= 4 is 21.9 Å². The summed E-state index contributed by atoms with van der Waals surface area (Å²) in [5.74, 6) is -1.37. The number of rotatable bonds is 5. The lowest BCUT2D eigenvalue weighted by Crippen LogP contribution is -2.64. The second-order valence-corrected chi connectivity index (χ2v) is 7.99. The molecule has 0 spiro atoms. The second-order valence-electron chi connectivity index (χ2n) is 7.14. The van der Waals surface area contributed by atoms with Crippen LogP contribution < -0.4 is 0 Å². The Morgan fingerprint density at radius 2 is 1.50 bits per heavy atom. The summed E-state index contributed by atoms with van der Waals surface area (Å²) >= 11 is 3.41. The first-order chi connectivity index (χ1) is 13.5. The number of halogens is 2. The van der Waals surface area contributed by atoms with Crippen LogP contribution in [0.25, 0.3) is 0 Å². The second kappa shape index (κ2) is 7.49. The normalized spacial score (nSPS) is 16.0. The average Bonchev–Trinajstić information content (AvgIpc) is 2.67. The van der Waals surface area contributed by atoms with Gasteiger partial charge in [-0.25, -0.2) is 4.39 Å². The first kappa shape index (κ1) is 18.8. The molecule has 1 aliphatic heterocycles. The van der Waals surface area contributed by atoms with Gasteiger partial charge in [-0.1, -0.05) is 76.6 Å². The van der Waals surface area contributed by atoms with Crippen molar-refractivity contribution in [1.29, 1.82) is 0 Å². The van der Waals surface area contributed by atoms with Gasteiger partial charge in [-0.05, 0) is 34.9 Å². The van der Waals surface area contributed by atoms with Crippen molar-refractivity contribution < 1.29 is 14.3 Å². The lowest BCUT2D eigenvalue weighted by atomic mass is 9.72. The molecule has 0 aromatic heterocycles. The van der Waals surface area contributed by atoms with Gasteiger partial charge in [0, 0.05) is 17.6 Å². The first-order valence-electron chi connectivity index (χ1n) is 9.04. The Bertz CT molecular complexity index is 948. The molecule has 3 nitrogen and oxygen atoms in total. The number of carboxylic acid groups (broad SMARTS) is 1. The molecule has 1 fully saturated rings. The highest BCUT2D eigenvalue weighted by Gasteiger charge is 2.54. The third kappa shape index (κ3) is 3.25. The third-order valence-electron chi connectivity index (χ3n) is 5.40. The maximum absolute atomic E-state index is 13.9. The van der Waals surface area contributed by atoms with Gasteiger partial charge in [0.15, 0.2) is 0 Å². The monoisotopic (exact) mass is 439 g/mol. The number of hydrogen-bond donors (Lipinski definition) is 1. The summed E-state index contributed by atoms with van der Waals surface area (Å²) in [4.78, 5) is 14.4. The van der Waals surface area contributed by atoms with Crippen molar-refractivity contribution in [3.8, 4) is 0 Å². The van der Waals surface area contributed by atoms with Gasteiger partial charge >= 0.3 is 5.97 Å². The smallest absolute Gasteiger partial charge is 0.316 e. The molecule has 5 heteroatoms. The number of benzene rings is 3. The van der Waals surface area contributed by atoms with Gasteiger partial charge in [0.25, 0.3) is 0 Å². The van der Waals surface area contributed by atoms with E-state index in [1.54, 1.807) is 6.07 Å². The van der Waals surface area contributed by atoms with Crippen LogP contribution in [0, 0.1) is 5.82 Å². The quantitative estimate of drug-likeness (QED) is 0.606. The van der Waals surface area contributed by atoms with E-state index in [0.29, 0.717) is 23.1 Å². The topological polar surface area (TPSA) is 40.5 Å². The molecule has 0 radical (unpaired) electrons. The number of hydrogen-bond acceptors (Lipinski definition) is 2. The van der Waals surface area contributed by atoms with Gasteiger partial charge in [-0.3, -0.25) is 9.69 Å². The van der Waals surface area contributed by atoms with Crippen LogP contribution in [0.15, 0.2) is 83.3 Å². The lowest BCUT2D eigenvalue weighted by molar-refractivity contribution is -0.152. The minimum absolute atomic E-state index is 0.0535. The fourth-order valence-corrected chi connectivity index (χ4v) is 4.63. The minimum Gasteiger partial charge on any atom is -0.481 e. The Morgan fingerprint density at radius 3 is 2.00 bits per heavy atom. The van der Waals surface area contributed by atoms with Crippen molar-refractivity contribution in [2.75, 3.05) is 13.1 Å². The van der Waals surface area contributed by atoms with E-state index in [9.17, 15) is 14.3 Å². The van der Waals surface area contributed by atoms with Crippen molar-refractivity contribution in [1.82, 2.24) is 4.90 Å². The van der Waals surface area contributed by atoms with Crippen molar-refractivity contribution in [3.63, 3.8) is 0 Å². The predicted octanol–water partition coefficient (Wildman–Crippen LogP) is 5.02. The fraction of sp³-hybridized carbons (Fsp3) is 0.174. The molecule has 142 valence electrons. The number of likely N-dealkylation sites (tertiary alicyclic amines) is 1. The number of carbonyl (C=O) groups is 1. The highest BCUT2D eigenvalue weighted by Crippen LogP contribution is 2.44. The molecular weight excluding hydrogens is 421 g/mol. The molecule has 1 heterocycles. The molecule has 4 rings (SSSR count). The third-order valence-corrected chi connectivity index (χ3v) is 6.09. The maximum Gasteiger partial charge on any atom is 0.316 e. The fourth-order valence-electron chi connectivity index (χ4n) is 4.00. The highest BCUT2D eigenvalue weighted by atomic mass is 79.9. The van der Waals surface area contributed by atoms with Gasteiger partial charge in [0.1, 0.15) is 11.2 Å². The van der Waals surface area contributed by atoms with E-state index < -0.39 is 17.2 Å². The molecule has 1 aliphatic rings. The van der Waals surface area contributed by atoms with E-state index in [-0.39, 0.29) is 6.04 Å². The molecule has 28 heavy (non-hydrogen) atoms. The minimum atomic E-state index is -1.14. The molecule has 1 N–H and O–H groups in total. The molecule has 1 saturated heterocycles. The van der Waals surface area contributed by atoms with Crippen LogP contribution in [0.5, 0.6) is 0 Å². The van der Waals surface area contributed by atoms with E-state index in [1.165, 1.54) is 12.1 Å². The Hall–Kier alpha value is -2.50. The van der Waals surface area contributed by atoms with Gasteiger partial charge in [-0.2, -0.15) is 0 Å². The lowest BCUT2D eigenvalue weighted by Gasteiger charge is -2.51. The molecule has 0 aliphatic carbocycles. The summed E-state index contributed by atoms with van der Waals surface area (Å²) in [7, 11) is 0. The summed E-state index contributed by atoms with van der Waals surface area (Å²) in [5, 5.41) is 10.0. The zero-order chi connectivity index (χ0) is 19.7. The van der Waals surface area contributed by atoms with Crippen LogP contribution >= 0.6 is 15.9 Å². The highest BCUT2D eigenvalue weighted by molar-refractivity contribution is 9.10. The first-order valence-corrected chi connectivity index (χ1v) is 9.83. The molecular formula is C23H19BrFNO2.